The molecule has 2 rings (SSSR count). The van der Waals surface area contributed by atoms with Gasteiger partial charge in [-0.15, -0.1) is 0 Å². The SMILES string of the molecule is N[C@@H](Cc1ccc(O)cc1)C(=O)N[C@H](C=O)Cc1ccc(O)cc1. The molecule has 2 atom stereocenters. The van der Waals surface area contributed by atoms with Gasteiger partial charge in [0.1, 0.15) is 17.8 Å². The van der Waals surface area contributed by atoms with Crippen LogP contribution in [0.15, 0.2) is 48.5 Å². The molecular weight excluding hydrogens is 308 g/mol. The zero-order valence-corrected chi connectivity index (χ0v) is 13.1. The molecule has 6 nitrogen and oxygen atoms in total. The maximum atomic E-state index is 12.1. The highest BCUT2D eigenvalue weighted by Gasteiger charge is 2.18. The summed E-state index contributed by atoms with van der Waals surface area (Å²) >= 11 is 0. The van der Waals surface area contributed by atoms with Crippen LogP contribution < -0.4 is 11.1 Å². The number of aldehydes is 1. The Bertz CT molecular complexity index is 683. The average molecular weight is 328 g/mol. The highest BCUT2D eigenvalue weighted by atomic mass is 16.3. The Morgan fingerprint density at radius 2 is 1.42 bits per heavy atom. The van der Waals surface area contributed by atoms with Gasteiger partial charge >= 0.3 is 0 Å². The first-order valence-corrected chi connectivity index (χ1v) is 7.55. The molecule has 0 bridgehead atoms. The number of nitrogens with two attached hydrogens (primary N) is 1. The number of carbonyl (C=O) groups excluding carboxylic acids is 2. The van der Waals surface area contributed by atoms with E-state index < -0.39 is 18.0 Å². The second kappa shape index (κ2) is 8.12. The molecule has 0 heterocycles. The molecule has 6 heteroatoms. The highest BCUT2D eigenvalue weighted by Crippen LogP contribution is 2.12. The number of phenolic OH excluding ortho intramolecular Hbond substituents is 2. The van der Waals surface area contributed by atoms with Gasteiger partial charge in [-0.1, -0.05) is 24.3 Å². The van der Waals surface area contributed by atoms with Crippen LogP contribution in [-0.2, 0) is 22.4 Å². The summed E-state index contributed by atoms with van der Waals surface area (Å²) in [5.74, 6) is -0.132. The number of phenols is 2. The number of carbonyl (C=O) groups is 2. The van der Waals surface area contributed by atoms with Crippen LogP contribution in [0.3, 0.4) is 0 Å². The van der Waals surface area contributed by atoms with E-state index in [9.17, 15) is 19.8 Å². The Kier molecular flexibility index (Phi) is 5.92. The molecule has 0 saturated heterocycles. The van der Waals surface area contributed by atoms with Crippen molar-refractivity contribution in [2.75, 3.05) is 0 Å². The van der Waals surface area contributed by atoms with Crippen LogP contribution in [-0.4, -0.2) is 34.5 Å². The maximum Gasteiger partial charge on any atom is 0.237 e. The smallest absolute Gasteiger partial charge is 0.237 e. The molecule has 0 fully saturated rings. The minimum absolute atomic E-state index is 0.140. The molecule has 0 aliphatic heterocycles. The van der Waals surface area contributed by atoms with E-state index >= 15 is 0 Å². The van der Waals surface area contributed by atoms with Gasteiger partial charge in [0, 0.05) is 0 Å². The molecule has 0 aromatic heterocycles. The van der Waals surface area contributed by atoms with E-state index in [2.05, 4.69) is 5.32 Å². The standard InChI is InChI=1S/C18H20N2O4/c19-17(10-13-3-7-16(23)8-4-13)18(24)20-14(11-21)9-12-1-5-15(22)6-2-12/h1-8,11,14,17,22-23H,9-10,19H2,(H,20,24)/t14-,17-/m0/s1. The summed E-state index contributed by atoms with van der Waals surface area (Å²) in [5.41, 5.74) is 7.51. The zero-order chi connectivity index (χ0) is 17.5. The Morgan fingerprint density at radius 1 is 0.958 bits per heavy atom. The highest BCUT2D eigenvalue weighted by molar-refractivity contribution is 5.84. The lowest BCUT2D eigenvalue weighted by Gasteiger charge is -2.17. The summed E-state index contributed by atoms with van der Waals surface area (Å²) < 4.78 is 0. The van der Waals surface area contributed by atoms with Gasteiger partial charge in [0.15, 0.2) is 0 Å². The fourth-order valence-corrected chi connectivity index (χ4v) is 2.29. The number of nitrogens with one attached hydrogen (secondary N) is 1. The summed E-state index contributed by atoms with van der Waals surface area (Å²) in [6.07, 6.45) is 1.29. The third kappa shape index (κ3) is 5.10. The van der Waals surface area contributed by atoms with E-state index in [0.717, 1.165) is 11.1 Å². The number of hydrogen-bond donors (Lipinski definition) is 4. The van der Waals surface area contributed by atoms with Crippen molar-refractivity contribution >= 4 is 12.2 Å². The Morgan fingerprint density at radius 3 is 1.88 bits per heavy atom. The normalized spacial score (nSPS) is 13.0. The fourth-order valence-electron chi connectivity index (χ4n) is 2.29. The summed E-state index contributed by atoms with van der Waals surface area (Å²) in [5, 5.41) is 21.1. The number of benzene rings is 2. The third-order valence-electron chi connectivity index (χ3n) is 3.61. The molecule has 2 aromatic carbocycles. The summed E-state index contributed by atoms with van der Waals surface area (Å²) in [7, 11) is 0. The summed E-state index contributed by atoms with van der Waals surface area (Å²) in [4.78, 5) is 23.3. The van der Waals surface area contributed by atoms with Gasteiger partial charge in [-0.3, -0.25) is 4.79 Å². The van der Waals surface area contributed by atoms with Gasteiger partial charge < -0.3 is 26.1 Å². The molecule has 0 radical (unpaired) electrons. The van der Waals surface area contributed by atoms with E-state index in [1.165, 1.54) is 24.3 Å². The monoisotopic (exact) mass is 328 g/mol. The molecule has 0 aliphatic carbocycles. The van der Waals surface area contributed by atoms with Crippen LogP contribution in [0.5, 0.6) is 11.5 Å². The van der Waals surface area contributed by atoms with Gasteiger partial charge in [-0.2, -0.15) is 0 Å². The molecule has 0 aliphatic rings. The van der Waals surface area contributed by atoms with Crippen LogP contribution in [0.25, 0.3) is 0 Å². The van der Waals surface area contributed by atoms with Crippen molar-refractivity contribution in [3.63, 3.8) is 0 Å². The fraction of sp³-hybridized carbons (Fsp3) is 0.222. The number of rotatable bonds is 7. The predicted octanol–water partition coefficient (Wildman–Crippen LogP) is 0.894. The van der Waals surface area contributed by atoms with E-state index in [1.54, 1.807) is 24.3 Å². The van der Waals surface area contributed by atoms with Crippen LogP contribution in [0.4, 0.5) is 0 Å². The van der Waals surface area contributed by atoms with E-state index in [1.807, 2.05) is 0 Å². The van der Waals surface area contributed by atoms with Crippen LogP contribution >= 0.6 is 0 Å². The number of hydrogen-bond acceptors (Lipinski definition) is 5. The predicted molar refractivity (Wildman–Crippen MR) is 89.6 cm³/mol. The van der Waals surface area contributed by atoms with Gasteiger partial charge in [0.05, 0.1) is 12.1 Å². The second-order valence-electron chi connectivity index (χ2n) is 5.60. The lowest BCUT2D eigenvalue weighted by molar-refractivity contribution is -0.125. The number of amides is 1. The summed E-state index contributed by atoms with van der Waals surface area (Å²) in [6, 6.07) is 11.4. The largest absolute Gasteiger partial charge is 0.508 e. The number of aromatic hydroxyl groups is 2. The van der Waals surface area contributed by atoms with Crippen molar-refractivity contribution in [2.24, 2.45) is 5.73 Å². The minimum atomic E-state index is -0.795. The van der Waals surface area contributed by atoms with Crippen molar-refractivity contribution in [1.29, 1.82) is 0 Å². The Balaban J connectivity index is 1.91. The molecule has 24 heavy (non-hydrogen) atoms. The quantitative estimate of drug-likeness (QED) is 0.564. The van der Waals surface area contributed by atoms with E-state index in [4.69, 9.17) is 5.73 Å². The Hall–Kier alpha value is -2.86. The maximum absolute atomic E-state index is 12.1. The molecule has 2 aromatic rings. The first-order chi connectivity index (χ1) is 11.5. The molecule has 1 amide bonds. The van der Waals surface area contributed by atoms with Crippen LogP contribution in [0, 0.1) is 0 Å². The first-order valence-electron chi connectivity index (χ1n) is 7.55. The molecule has 126 valence electrons. The van der Waals surface area contributed by atoms with Crippen molar-refractivity contribution in [2.45, 2.75) is 24.9 Å². The van der Waals surface area contributed by atoms with E-state index in [-0.39, 0.29) is 11.5 Å². The van der Waals surface area contributed by atoms with Crippen LogP contribution in [0.2, 0.25) is 0 Å². The lowest BCUT2D eigenvalue weighted by Crippen LogP contribution is -2.47. The zero-order valence-electron chi connectivity index (χ0n) is 13.1. The van der Waals surface area contributed by atoms with Gasteiger partial charge in [-0.05, 0) is 48.2 Å². The molecule has 0 spiro atoms. The third-order valence-corrected chi connectivity index (χ3v) is 3.61. The van der Waals surface area contributed by atoms with Gasteiger partial charge in [-0.25, -0.2) is 0 Å². The van der Waals surface area contributed by atoms with Crippen LogP contribution in [0.1, 0.15) is 11.1 Å². The lowest BCUT2D eigenvalue weighted by atomic mass is 10.0. The van der Waals surface area contributed by atoms with Crippen molar-refractivity contribution in [1.82, 2.24) is 5.32 Å². The van der Waals surface area contributed by atoms with Crippen molar-refractivity contribution in [3.8, 4) is 11.5 Å². The molecule has 5 N–H and O–H groups in total. The summed E-state index contributed by atoms with van der Waals surface area (Å²) in [6.45, 7) is 0. The molecule has 0 saturated carbocycles. The first kappa shape index (κ1) is 17.5. The second-order valence-corrected chi connectivity index (χ2v) is 5.60. The minimum Gasteiger partial charge on any atom is -0.508 e. The van der Waals surface area contributed by atoms with Gasteiger partial charge in [0.25, 0.3) is 0 Å². The average Bonchev–Trinajstić information content (AvgIpc) is 2.58. The van der Waals surface area contributed by atoms with Crippen molar-refractivity contribution < 1.29 is 19.8 Å². The van der Waals surface area contributed by atoms with E-state index in [0.29, 0.717) is 19.1 Å². The molecule has 0 unspecified atom stereocenters. The van der Waals surface area contributed by atoms with Gasteiger partial charge in [0.2, 0.25) is 5.91 Å². The van der Waals surface area contributed by atoms with Crippen molar-refractivity contribution in [3.05, 3.63) is 59.7 Å². The Labute approximate surface area is 139 Å². The molecular formula is C18H20N2O4. The topological polar surface area (TPSA) is 113 Å².